The van der Waals surface area contributed by atoms with Crippen molar-refractivity contribution in [3.8, 4) is 33.4 Å². The van der Waals surface area contributed by atoms with Crippen LogP contribution < -0.4 is 51.3 Å². The summed E-state index contributed by atoms with van der Waals surface area (Å²) in [7, 11) is -5.95. The third-order valence-corrected chi connectivity index (χ3v) is 30.4. The molecule has 0 atom stereocenters. The van der Waals surface area contributed by atoms with Gasteiger partial charge in [0, 0.05) is 39.5 Å². The Kier molecular flexibility index (Phi) is 12.6. The largest absolute Gasteiger partial charge is 0.311 e. The first kappa shape index (κ1) is 54.8. The summed E-state index contributed by atoms with van der Waals surface area (Å²) >= 11 is 0. The van der Waals surface area contributed by atoms with Gasteiger partial charge in [0.1, 0.15) is 0 Å². The van der Waals surface area contributed by atoms with E-state index < -0.39 is 16.1 Å². The van der Waals surface area contributed by atoms with Crippen molar-refractivity contribution in [1.82, 2.24) is 0 Å². The van der Waals surface area contributed by atoms with Crippen LogP contribution in [0.25, 0.3) is 54.9 Å². The summed E-state index contributed by atoms with van der Waals surface area (Å²) in [4.78, 5) is 5.21. The molecule has 0 bridgehead atoms. The molecule has 2 heterocycles. The standard InChI is InChI=1S/C87H68N2Si2/c1-57-33-43-65(44-34-57)90(66-45-35-58(2)36-46-66)81-30-18-15-27-77(81)88(78-28-16-19-31-82(78)90)63-41-51-70-73(53-63)85(61-21-9-7-10-22-61)71-52-42-64(54-74(71)86(70)62-23-11-8-12-24-62)89-79-29-17-20-32-83(79)91(67-47-37-59(3)38-48-67,68-49-39-60(4)40-50-68)84-55-72-69-25-13-14-26-75(69)87(5,6)76(72)56-80(84)89/h7-56H,1-6H3. The molecular formula is C87H68N2Si2. The molecule has 14 aromatic carbocycles. The number of benzene rings is 14. The van der Waals surface area contributed by atoms with E-state index in [1.54, 1.807) is 0 Å². The predicted octanol–water partition coefficient (Wildman–Crippen LogP) is 17.2. The Bertz CT molecular complexity index is 5080. The number of nitrogens with zero attached hydrogens (tertiary/aromatic N) is 2. The van der Waals surface area contributed by atoms with Crippen LogP contribution in [0.1, 0.15) is 47.2 Å². The van der Waals surface area contributed by atoms with Crippen LogP contribution >= 0.6 is 0 Å². The van der Waals surface area contributed by atoms with Crippen LogP contribution in [0.15, 0.2) is 303 Å². The van der Waals surface area contributed by atoms with Crippen molar-refractivity contribution in [2.75, 3.05) is 9.80 Å². The van der Waals surface area contributed by atoms with E-state index in [0.717, 1.165) is 11.4 Å². The first-order valence-corrected chi connectivity index (χ1v) is 36.1. The Labute approximate surface area is 536 Å². The van der Waals surface area contributed by atoms with Crippen LogP contribution in [0.5, 0.6) is 0 Å². The van der Waals surface area contributed by atoms with Crippen molar-refractivity contribution in [1.29, 1.82) is 0 Å². The number of fused-ring (bicyclic) bond motifs is 9. The van der Waals surface area contributed by atoms with Gasteiger partial charge in [0.05, 0.1) is 0 Å². The zero-order chi connectivity index (χ0) is 61.3. The van der Waals surface area contributed by atoms with E-state index in [2.05, 4.69) is 355 Å². The molecule has 1 aliphatic carbocycles. The highest BCUT2D eigenvalue weighted by molar-refractivity contribution is 7.22. The van der Waals surface area contributed by atoms with Crippen molar-refractivity contribution < 1.29 is 0 Å². The number of para-hydroxylation sites is 3. The molecule has 0 amide bonds. The molecule has 0 N–H and O–H groups in total. The van der Waals surface area contributed by atoms with E-state index in [0.29, 0.717) is 0 Å². The highest BCUT2D eigenvalue weighted by Gasteiger charge is 2.52. The van der Waals surface area contributed by atoms with Gasteiger partial charge in [-0.05, 0) is 184 Å². The van der Waals surface area contributed by atoms with Crippen molar-refractivity contribution >= 4 is 113 Å². The van der Waals surface area contributed by atoms with Gasteiger partial charge in [0.2, 0.25) is 0 Å². The van der Waals surface area contributed by atoms with Crippen LogP contribution in [-0.4, -0.2) is 16.1 Å². The fraction of sp³-hybridized carbons (Fsp3) is 0.0805. The van der Waals surface area contributed by atoms with Crippen molar-refractivity contribution in [2.24, 2.45) is 0 Å². The first-order chi connectivity index (χ1) is 44.5. The SMILES string of the molecule is Cc1ccc([Si]2(c3ccc(C)cc3)c3ccccc3N(c3ccc4c(-c5ccccc5)c5cc(N6c7ccccc7[Si](c7ccc(C)cc7)(c7ccc(C)cc7)c7cc8c(cc76)C(C)(C)c6ccccc6-8)ccc5c(-c5ccccc5)c4c3)c3ccccc32)cc1. The van der Waals surface area contributed by atoms with Gasteiger partial charge in [-0.3, -0.25) is 0 Å². The molecule has 4 heteroatoms. The molecule has 91 heavy (non-hydrogen) atoms. The molecule has 0 unspecified atom stereocenters. The van der Waals surface area contributed by atoms with Gasteiger partial charge in [0.25, 0.3) is 0 Å². The third kappa shape index (κ3) is 8.09. The quantitative estimate of drug-likeness (QED) is 0.111. The number of anilines is 6. The monoisotopic (exact) mass is 1200 g/mol. The number of hydrogen-bond acceptors (Lipinski definition) is 2. The van der Waals surface area contributed by atoms with Crippen LogP contribution in [-0.2, 0) is 5.41 Å². The molecule has 0 aromatic heterocycles. The lowest BCUT2D eigenvalue weighted by Gasteiger charge is -2.46. The van der Waals surface area contributed by atoms with Crippen LogP contribution in [0.3, 0.4) is 0 Å². The van der Waals surface area contributed by atoms with Gasteiger partial charge in [-0.25, -0.2) is 0 Å². The lowest BCUT2D eigenvalue weighted by molar-refractivity contribution is 0.660. The summed E-state index contributed by atoms with van der Waals surface area (Å²) < 4.78 is 0. The molecule has 2 aliphatic heterocycles. The molecule has 0 fully saturated rings. The van der Waals surface area contributed by atoms with E-state index in [1.165, 1.54) is 153 Å². The van der Waals surface area contributed by atoms with Gasteiger partial charge >= 0.3 is 0 Å². The van der Waals surface area contributed by atoms with Crippen LogP contribution in [0, 0.1) is 27.7 Å². The molecule has 2 nitrogen and oxygen atoms in total. The number of hydrogen-bond donors (Lipinski definition) is 0. The fourth-order valence-corrected chi connectivity index (χ4v) is 26.5. The highest BCUT2D eigenvalue weighted by Crippen LogP contribution is 2.53. The molecule has 0 radical (unpaired) electrons. The molecule has 0 spiro atoms. The summed E-state index contributed by atoms with van der Waals surface area (Å²) in [5.41, 5.74) is 22.3. The Morgan fingerprint density at radius 3 is 1.03 bits per heavy atom. The number of rotatable bonds is 8. The van der Waals surface area contributed by atoms with E-state index in [4.69, 9.17) is 0 Å². The molecule has 17 rings (SSSR count). The molecule has 3 aliphatic rings. The Hall–Kier alpha value is -10.4. The minimum absolute atomic E-state index is 0.223. The highest BCUT2D eigenvalue weighted by atomic mass is 28.3. The Morgan fingerprint density at radius 1 is 0.264 bits per heavy atom. The lowest BCUT2D eigenvalue weighted by atomic mass is 9.82. The maximum atomic E-state index is 2.65. The summed E-state index contributed by atoms with van der Waals surface area (Å²) in [5.74, 6) is 0. The van der Waals surface area contributed by atoms with Crippen molar-refractivity contribution in [2.45, 2.75) is 47.0 Å². The molecule has 14 aromatic rings. The zero-order valence-electron chi connectivity index (χ0n) is 52.3. The second kappa shape index (κ2) is 20.9. The summed E-state index contributed by atoms with van der Waals surface area (Å²) in [5, 5.41) is 16.0. The lowest BCUT2D eigenvalue weighted by Crippen LogP contribution is -2.77. The molecule has 0 saturated heterocycles. The van der Waals surface area contributed by atoms with Gasteiger partial charge in [-0.2, -0.15) is 0 Å². The normalized spacial score (nSPS) is 14.5. The topological polar surface area (TPSA) is 6.48 Å². The Balaban J connectivity index is 0.938. The van der Waals surface area contributed by atoms with Crippen LogP contribution in [0.4, 0.5) is 34.1 Å². The van der Waals surface area contributed by atoms with Gasteiger partial charge in [-0.1, -0.05) is 291 Å². The molecular weight excluding hydrogens is 1130 g/mol. The predicted molar refractivity (Wildman–Crippen MR) is 393 cm³/mol. The average molecular weight is 1200 g/mol. The van der Waals surface area contributed by atoms with Crippen molar-refractivity contribution in [3.63, 3.8) is 0 Å². The second-order valence-electron chi connectivity index (χ2n) is 26.2. The third-order valence-electron chi connectivity index (χ3n) is 20.7. The smallest absolute Gasteiger partial charge is 0.184 e. The van der Waals surface area contributed by atoms with Crippen LogP contribution in [0.2, 0.25) is 0 Å². The average Bonchev–Trinajstić information content (AvgIpc) is 1.65. The minimum Gasteiger partial charge on any atom is -0.311 e. The number of aryl methyl sites for hydroxylation is 4. The molecule has 434 valence electrons. The fourth-order valence-electron chi connectivity index (χ4n) is 16.4. The zero-order valence-corrected chi connectivity index (χ0v) is 54.3. The van der Waals surface area contributed by atoms with Gasteiger partial charge in [-0.15, -0.1) is 0 Å². The maximum Gasteiger partial charge on any atom is 0.184 e. The summed E-state index contributed by atoms with van der Waals surface area (Å²) in [6.07, 6.45) is 0. The maximum absolute atomic E-state index is 3.07. The summed E-state index contributed by atoms with van der Waals surface area (Å²) in [6, 6.07) is 117. The minimum atomic E-state index is -3.07. The van der Waals surface area contributed by atoms with E-state index in [9.17, 15) is 0 Å². The van der Waals surface area contributed by atoms with E-state index in [1.807, 2.05) is 0 Å². The molecule has 0 saturated carbocycles. The van der Waals surface area contributed by atoms with E-state index in [-0.39, 0.29) is 5.41 Å². The van der Waals surface area contributed by atoms with Gasteiger partial charge < -0.3 is 9.80 Å². The van der Waals surface area contributed by atoms with Crippen molar-refractivity contribution in [3.05, 3.63) is 337 Å². The second-order valence-corrected chi connectivity index (χ2v) is 33.7. The van der Waals surface area contributed by atoms with Gasteiger partial charge in [0.15, 0.2) is 16.1 Å². The Morgan fingerprint density at radius 2 is 0.615 bits per heavy atom. The first-order valence-electron chi connectivity index (χ1n) is 32.1. The summed E-state index contributed by atoms with van der Waals surface area (Å²) in [6.45, 7) is 13.7. The van der Waals surface area contributed by atoms with E-state index >= 15 is 0 Å².